The molecule has 0 saturated heterocycles. The molecule has 5 nitrogen and oxygen atoms in total. The molecule has 1 aliphatic heterocycles. The number of rotatable bonds is 4. The van der Waals surface area contributed by atoms with Crippen LogP contribution in [0.5, 0.6) is 17.2 Å². The summed E-state index contributed by atoms with van der Waals surface area (Å²) >= 11 is 1.24. The number of aromatic hydroxyl groups is 1. The zero-order chi connectivity index (χ0) is 17.9. The Balaban J connectivity index is 1.61. The van der Waals surface area contributed by atoms with Crippen LogP contribution in [0.2, 0.25) is 0 Å². The van der Waals surface area contributed by atoms with E-state index in [0.29, 0.717) is 22.8 Å². The molecule has 0 amide bonds. The first kappa shape index (κ1) is 16.4. The fourth-order valence-corrected chi connectivity index (χ4v) is 3.40. The molecule has 130 valence electrons. The van der Waals surface area contributed by atoms with Gasteiger partial charge in [0, 0.05) is 17.4 Å². The largest absolute Gasteiger partial charge is 0.506 e. The summed E-state index contributed by atoms with van der Waals surface area (Å²) < 4.78 is 16.1. The van der Waals surface area contributed by atoms with Gasteiger partial charge >= 0.3 is 5.63 Å². The van der Waals surface area contributed by atoms with E-state index in [1.165, 1.54) is 30.4 Å². The third kappa shape index (κ3) is 3.32. The van der Waals surface area contributed by atoms with E-state index in [-0.39, 0.29) is 16.4 Å². The van der Waals surface area contributed by atoms with Crippen molar-refractivity contribution in [2.75, 3.05) is 0 Å². The van der Waals surface area contributed by atoms with Crippen LogP contribution in [-0.4, -0.2) is 5.11 Å². The molecule has 1 aliphatic rings. The van der Waals surface area contributed by atoms with Gasteiger partial charge in [-0.3, -0.25) is 0 Å². The van der Waals surface area contributed by atoms with Crippen molar-refractivity contribution >= 4 is 11.8 Å². The molecule has 4 rings (SSSR count). The fraction of sp³-hybridized carbons (Fsp3) is 0.0500. The lowest BCUT2D eigenvalue weighted by atomic mass is 10.1. The molecule has 26 heavy (non-hydrogen) atoms. The Bertz CT molecular complexity index is 1020. The summed E-state index contributed by atoms with van der Waals surface area (Å²) in [5.41, 5.74) is 1.09. The van der Waals surface area contributed by atoms with E-state index in [4.69, 9.17) is 13.9 Å². The number of benzene rings is 2. The van der Waals surface area contributed by atoms with Crippen molar-refractivity contribution in [3.63, 3.8) is 0 Å². The van der Waals surface area contributed by atoms with Gasteiger partial charge in [0.1, 0.15) is 28.9 Å². The molecule has 0 fully saturated rings. The number of hydrogen-bond donors (Lipinski definition) is 1. The minimum Gasteiger partial charge on any atom is -0.506 e. The van der Waals surface area contributed by atoms with Crippen molar-refractivity contribution < 1.29 is 19.0 Å². The van der Waals surface area contributed by atoms with Crippen LogP contribution in [0.25, 0.3) is 11.3 Å². The van der Waals surface area contributed by atoms with Crippen molar-refractivity contribution in [2.24, 2.45) is 0 Å². The highest BCUT2D eigenvalue weighted by Crippen LogP contribution is 2.36. The quantitative estimate of drug-likeness (QED) is 0.684. The van der Waals surface area contributed by atoms with Gasteiger partial charge in [0.05, 0.1) is 0 Å². The number of hydrogen-bond acceptors (Lipinski definition) is 6. The molecule has 0 atom stereocenters. The third-order valence-electron chi connectivity index (χ3n) is 3.79. The Labute approximate surface area is 153 Å². The van der Waals surface area contributed by atoms with Crippen LogP contribution in [0.1, 0.15) is 5.56 Å². The van der Waals surface area contributed by atoms with Gasteiger partial charge in [-0.15, -0.1) is 11.8 Å². The maximum absolute atomic E-state index is 12.3. The first-order valence-corrected chi connectivity index (χ1v) is 8.86. The van der Waals surface area contributed by atoms with Crippen LogP contribution in [0, 0.1) is 0 Å². The summed E-state index contributed by atoms with van der Waals surface area (Å²) in [5, 5.41) is 10.3. The van der Waals surface area contributed by atoms with E-state index in [1.807, 2.05) is 30.3 Å². The molecule has 0 bridgehead atoms. The van der Waals surface area contributed by atoms with Crippen LogP contribution >= 0.6 is 11.8 Å². The smallest absolute Gasteiger partial charge is 0.353 e. The molecule has 0 aliphatic carbocycles. The second-order valence-corrected chi connectivity index (χ2v) is 6.54. The SMILES string of the molecule is O=c1oc(-c2ccc3c(c2)OC=CO3)cc(O)c1SCc1ccccc1. The standard InChI is InChI=1S/C20H14O5S/c21-15-11-17(14-6-7-16-18(10-14)24-9-8-23-16)25-20(22)19(15)26-12-13-4-2-1-3-5-13/h1-11,21H,12H2. The molecule has 2 aromatic carbocycles. The highest BCUT2D eigenvalue weighted by atomic mass is 32.2. The highest BCUT2D eigenvalue weighted by molar-refractivity contribution is 7.98. The normalized spacial score (nSPS) is 12.2. The Hall–Kier alpha value is -3.12. The minimum atomic E-state index is -0.573. The molecule has 2 heterocycles. The molecule has 0 unspecified atom stereocenters. The van der Waals surface area contributed by atoms with Gasteiger partial charge in [-0.1, -0.05) is 30.3 Å². The minimum absolute atomic E-state index is 0.105. The predicted molar refractivity (Wildman–Crippen MR) is 98.5 cm³/mol. The zero-order valence-corrected chi connectivity index (χ0v) is 14.4. The fourth-order valence-electron chi connectivity index (χ4n) is 2.53. The lowest BCUT2D eigenvalue weighted by Crippen LogP contribution is -2.03. The predicted octanol–water partition coefficient (Wildman–Crippen LogP) is 4.55. The van der Waals surface area contributed by atoms with Gasteiger partial charge in [-0.25, -0.2) is 4.79 Å². The maximum Gasteiger partial charge on any atom is 0.353 e. The van der Waals surface area contributed by atoms with Crippen LogP contribution in [-0.2, 0) is 5.75 Å². The average molecular weight is 366 g/mol. The first-order valence-electron chi connectivity index (χ1n) is 7.87. The summed E-state index contributed by atoms with van der Waals surface area (Å²) in [6.07, 6.45) is 2.86. The molecule has 1 aromatic heterocycles. The van der Waals surface area contributed by atoms with E-state index in [2.05, 4.69) is 0 Å². The van der Waals surface area contributed by atoms with Crippen molar-refractivity contribution in [3.8, 4) is 28.6 Å². The molecule has 1 N–H and O–H groups in total. The summed E-state index contributed by atoms with van der Waals surface area (Å²) in [7, 11) is 0. The summed E-state index contributed by atoms with van der Waals surface area (Å²) in [4.78, 5) is 12.5. The molecule has 0 saturated carbocycles. The second kappa shape index (κ2) is 7.01. The van der Waals surface area contributed by atoms with Crippen LogP contribution in [0.3, 0.4) is 0 Å². The van der Waals surface area contributed by atoms with E-state index in [9.17, 15) is 9.90 Å². The van der Waals surface area contributed by atoms with Gasteiger partial charge in [-0.05, 0) is 23.8 Å². The summed E-state index contributed by atoms with van der Waals surface area (Å²) in [6, 6.07) is 16.3. The van der Waals surface area contributed by atoms with Crippen LogP contribution in [0.15, 0.2) is 81.2 Å². The number of fused-ring (bicyclic) bond motifs is 1. The molecular formula is C20H14O5S. The van der Waals surface area contributed by atoms with E-state index in [0.717, 1.165) is 5.56 Å². The van der Waals surface area contributed by atoms with Crippen LogP contribution in [0.4, 0.5) is 0 Å². The van der Waals surface area contributed by atoms with E-state index in [1.54, 1.807) is 18.2 Å². The summed E-state index contributed by atoms with van der Waals surface area (Å²) in [6.45, 7) is 0. The van der Waals surface area contributed by atoms with Crippen molar-refractivity contribution in [1.82, 2.24) is 0 Å². The van der Waals surface area contributed by atoms with Gasteiger partial charge in [0.25, 0.3) is 0 Å². The lowest BCUT2D eigenvalue weighted by molar-refractivity contribution is 0.361. The number of ether oxygens (including phenoxy) is 2. The first-order chi connectivity index (χ1) is 12.7. The topological polar surface area (TPSA) is 68.9 Å². The second-order valence-electron chi connectivity index (χ2n) is 5.56. The Morgan fingerprint density at radius 2 is 1.69 bits per heavy atom. The number of thioether (sulfide) groups is 1. The molecule has 6 heteroatoms. The van der Waals surface area contributed by atoms with Crippen LogP contribution < -0.4 is 15.1 Å². The molecule has 3 aromatic rings. The van der Waals surface area contributed by atoms with Gasteiger partial charge < -0.3 is 19.0 Å². The van der Waals surface area contributed by atoms with Crippen molar-refractivity contribution in [1.29, 1.82) is 0 Å². The van der Waals surface area contributed by atoms with E-state index < -0.39 is 5.63 Å². The zero-order valence-electron chi connectivity index (χ0n) is 13.5. The summed E-state index contributed by atoms with van der Waals surface area (Å²) in [5.74, 6) is 1.80. The average Bonchev–Trinajstić information content (AvgIpc) is 2.67. The maximum atomic E-state index is 12.3. The monoisotopic (exact) mass is 366 g/mol. The molecule has 0 spiro atoms. The van der Waals surface area contributed by atoms with Gasteiger partial charge in [0.15, 0.2) is 11.5 Å². The third-order valence-corrected chi connectivity index (χ3v) is 4.93. The lowest BCUT2D eigenvalue weighted by Gasteiger charge is -2.13. The van der Waals surface area contributed by atoms with Gasteiger partial charge in [0.2, 0.25) is 0 Å². The molecule has 0 radical (unpaired) electrons. The van der Waals surface area contributed by atoms with Gasteiger partial charge in [-0.2, -0.15) is 0 Å². The van der Waals surface area contributed by atoms with Crippen molar-refractivity contribution in [3.05, 3.63) is 83.1 Å². The molecular weight excluding hydrogens is 352 g/mol. The Morgan fingerprint density at radius 3 is 2.46 bits per heavy atom. The Kier molecular flexibility index (Phi) is 4.41. The Morgan fingerprint density at radius 1 is 0.923 bits per heavy atom. The van der Waals surface area contributed by atoms with E-state index >= 15 is 0 Å². The van der Waals surface area contributed by atoms with Crippen molar-refractivity contribution in [2.45, 2.75) is 10.6 Å². The highest BCUT2D eigenvalue weighted by Gasteiger charge is 2.16.